The molecule has 38 heavy (non-hydrogen) atoms. The van der Waals surface area contributed by atoms with Crippen molar-refractivity contribution in [3.8, 4) is 0 Å². The second-order valence-electron chi connectivity index (χ2n) is 12.0. The number of hydrogen-bond acceptors (Lipinski definition) is 5. The number of nitrogens with one attached hydrogen (secondary N) is 2. The van der Waals surface area contributed by atoms with Crippen LogP contribution in [0.2, 0.25) is 0 Å². The smallest absolute Gasteiger partial charge is 0.379 e. The van der Waals surface area contributed by atoms with Crippen LogP contribution in [-0.2, 0) is 16.1 Å². The number of likely N-dealkylation sites (tertiary alicyclic amines) is 1. The van der Waals surface area contributed by atoms with Gasteiger partial charge in [0.25, 0.3) is 5.91 Å². The molecule has 0 bridgehead atoms. The number of rotatable bonds is 7. The van der Waals surface area contributed by atoms with E-state index in [1.54, 1.807) is 11.0 Å². The average Bonchev–Trinajstić information content (AvgIpc) is 3.60. The van der Waals surface area contributed by atoms with Crippen LogP contribution in [0, 0.1) is 11.8 Å². The van der Waals surface area contributed by atoms with Gasteiger partial charge in [-0.3, -0.25) is 24.6 Å². The van der Waals surface area contributed by atoms with E-state index in [0.717, 1.165) is 55.7 Å². The van der Waals surface area contributed by atoms with Crippen molar-refractivity contribution in [1.29, 1.82) is 0 Å². The van der Waals surface area contributed by atoms with Crippen molar-refractivity contribution in [1.82, 2.24) is 15.1 Å². The Kier molecular flexibility index (Phi) is 6.44. The topological polar surface area (TPSA) is 81.8 Å². The van der Waals surface area contributed by atoms with Gasteiger partial charge in [0.05, 0.1) is 5.92 Å². The van der Waals surface area contributed by atoms with Gasteiger partial charge in [-0.25, -0.2) is 0 Å². The number of anilines is 1. The van der Waals surface area contributed by atoms with Crippen LogP contribution in [0.25, 0.3) is 0 Å². The van der Waals surface area contributed by atoms with Crippen LogP contribution in [0.3, 0.4) is 0 Å². The third kappa shape index (κ3) is 4.92. The van der Waals surface area contributed by atoms with Crippen molar-refractivity contribution in [3.05, 3.63) is 29.3 Å². The van der Waals surface area contributed by atoms with Gasteiger partial charge in [0, 0.05) is 54.5 Å². The van der Waals surface area contributed by atoms with Gasteiger partial charge in [-0.15, -0.1) is 0 Å². The number of carbonyl (C=O) groups excluding carboxylic acids is 3. The Morgan fingerprint density at radius 2 is 1.76 bits per heavy atom. The number of benzene rings is 1. The second kappa shape index (κ2) is 9.54. The lowest BCUT2D eigenvalue weighted by Crippen LogP contribution is -2.59. The number of nitrogens with zero attached hydrogens (tertiary/aromatic N) is 2. The van der Waals surface area contributed by atoms with E-state index in [4.69, 9.17) is 0 Å². The highest BCUT2D eigenvalue weighted by Gasteiger charge is 2.50. The molecule has 6 rings (SSSR count). The number of hydrogen-bond donors (Lipinski definition) is 2. The van der Waals surface area contributed by atoms with E-state index in [0.29, 0.717) is 18.5 Å². The van der Waals surface area contributed by atoms with Gasteiger partial charge in [0.2, 0.25) is 11.8 Å². The predicted molar refractivity (Wildman–Crippen MR) is 134 cm³/mol. The molecule has 5 aliphatic rings. The molecule has 2 saturated carbocycles. The van der Waals surface area contributed by atoms with E-state index in [1.165, 1.54) is 12.8 Å². The fourth-order valence-corrected chi connectivity index (χ4v) is 6.85. The summed E-state index contributed by atoms with van der Waals surface area (Å²) in [6, 6.07) is 5.19. The number of carbonyl (C=O) groups is 3. The maximum atomic E-state index is 13.3. The minimum absolute atomic E-state index is 0.112. The minimum Gasteiger partial charge on any atom is -0.379 e. The predicted octanol–water partition coefficient (Wildman–Crippen LogP) is 4.23. The Balaban J connectivity index is 1.16. The zero-order valence-corrected chi connectivity index (χ0v) is 21.5. The largest absolute Gasteiger partial charge is 0.394 e. The molecule has 3 heterocycles. The molecule has 4 fully saturated rings. The Morgan fingerprint density at radius 3 is 2.42 bits per heavy atom. The maximum absolute atomic E-state index is 13.3. The third-order valence-electron chi connectivity index (χ3n) is 9.51. The normalized spacial score (nSPS) is 30.7. The van der Waals surface area contributed by atoms with Crippen molar-refractivity contribution in [2.75, 3.05) is 18.4 Å². The molecule has 1 aromatic rings. The van der Waals surface area contributed by atoms with Crippen LogP contribution in [0.15, 0.2) is 18.2 Å². The first-order chi connectivity index (χ1) is 18.1. The molecular weight excluding hydrogens is 497 g/mol. The monoisotopic (exact) mass is 532 g/mol. The summed E-state index contributed by atoms with van der Waals surface area (Å²) in [5, 5.41) is 6.19. The Morgan fingerprint density at radius 1 is 1.03 bits per heavy atom. The molecule has 1 aromatic carbocycles. The molecule has 2 saturated heterocycles. The molecule has 0 aromatic heterocycles. The summed E-state index contributed by atoms with van der Waals surface area (Å²) in [5.74, 6) is -1.35. The van der Waals surface area contributed by atoms with Crippen LogP contribution in [-0.4, -0.2) is 64.4 Å². The summed E-state index contributed by atoms with van der Waals surface area (Å²) in [6.07, 6.45) is 4.59. The first kappa shape index (κ1) is 25.6. The van der Waals surface area contributed by atoms with E-state index in [1.807, 2.05) is 17.0 Å². The van der Waals surface area contributed by atoms with Crippen LogP contribution in [0.4, 0.5) is 18.9 Å². The van der Waals surface area contributed by atoms with Crippen molar-refractivity contribution in [2.45, 2.75) is 94.6 Å². The summed E-state index contributed by atoms with van der Waals surface area (Å²) in [7, 11) is 0. The Labute approximate surface area is 220 Å². The van der Waals surface area contributed by atoms with Crippen molar-refractivity contribution in [3.63, 3.8) is 0 Å². The lowest BCUT2D eigenvalue weighted by atomic mass is 9.74. The minimum atomic E-state index is -4.10. The van der Waals surface area contributed by atoms with Crippen molar-refractivity contribution < 1.29 is 27.6 Å². The number of amides is 3. The second-order valence-corrected chi connectivity index (χ2v) is 12.0. The van der Waals surface area contributed by atoms with Crippen molar-refractivity contribution >= 4 is 23.4 Å². The molecule has 10 heteroatoms. The van der Waals surface area contributed by atoms with Gasteiger partial charge < -0.3 is 10.2 Å². The Hall–Kier alpha value is -2.62. The zero-order valence-electron chi connectivity index (χ0n) is 21.5. The number of imide groups is 1. The zero-order chi connectivity index (χ0) is 26.7. The average molecular weight is 533 g/mol. The summed E-state index contributed by atoms with van der Waals surface area (Å²) in [5.41, 5.74) is 2.21. The molecule has 206 valence electrons. The van der Waals surface area contributed by atoms with Gasteiger partial charge in [-0.1, -0.05) is 18.9 Å². The van der Waals surface area contributed by atoms with Gasteiger partial charge in [-0.05, 0) is 63.0 Å². The number of fused-ring (bicyclic) bond motifs is 1. The summed E-state index contributed by atoms with van der Waals surface area (Å²) in [4.78, 5) is 40.9. The highest BCUT2D eigenvalue weighted by atomic mass is 19.4. The van der Waals surface area contributed by atoms with E-state index in [-0.39, 0.29) is 42.9 Å². The quantitative estimate of drug-likeness (QED) is 0.514. The summed E-state index contributed by atoms with van der Waals surface area (Å²) >= 11 is 0. The molecule has 2 N–H and O–H groups in total. The van der Waals surface area contributed by atoms with Gasteiger partial charge in [0.15, 0.2) is 0 Å². The van der Waals surface area contributed by atoms with Crippen LogP contribution in [0.5, 0.6) is 0 Å². The molecule has 1 unspecified atom stereocenters. The highest BCUT2D eigenvalue weighted by Crippen LogP contribution is 2.45. The molecule has 7 nitrogen and oxygen atoms in total. The fraction of sp³-hybridized carbons (Fsp3) is 0.679. The van der Waals surface area contributed by atoms with Gasteiger partial charge in [-0.2, -0.15) is 13.2 Å². The van der Waals surface area contributed by atoms with E-state index >= 15 is 0 Å². The SMILES string of the molecule is O=C1CCC(N2Cc3c(NC4(CCC5CC5)CCC(N5CC(C(F)(F)F)C5)CC4)cccc3C2=O)C(=O)N1. The number of piperidine rings is 1. The molecule has 1 atom stereocenters. The number of alkyl halides is 3. The highest BCUT2D eigenvalue weighted by molar-refractivity contribution is 6.06. The third-order valence-corrected chi connectivity index (χ3v) is 9.51. The molecule has 2 aliphatic carbocycles. The van der Waals surface area contributed by atoms with Gasteiger partial charge in [0.1, 0.15) is 6.04 Å². The van der Waals surface area contributed by atoms with E-state index in [2.05, 4.69) is 10.6 Å². The van der Waals surface area contributed by atoms with E-state index < -0.39 is 24.0 Å². The molecule has 0 radical (unpaired) electrons. The summed E-state index contributed by atoms with van der Waals surface area (Å²) < 4.78 is 39.0. The number of halogens is 3. The van der Waals surface area contributed by atoms with E-state index in [9.17, 15) is 27.6 Å². The van der Waals surface area contributed by atoms with Crippen molar-refractivity contribution in [2.24, 2.45) is 11.8 Å². The molecule has 3 amide bonds. The lowest BCUT2D eigenvalue weighted by molar-refractivity contribution is -0.215. The molecule has 3 aliphatic heterocycles. The molecular formula is C28H35F3N4O3. The van der Waals surface area contributed by atoms with Crippen LogP contribution < -0.4 is 10.6 Å². The Bertz CT molecular complexity index is 1120. The fourth-order valence-electron chi connectivity index (χ4n) is 6.85. The maximum Gasteiger partial charge on any atom is 0.394 e. The summed E-state index contributed by atoms with van der Waals surface area (Å²) in [6.45, 7) is 0.542. The standard InChI is InChI=1S/C28H35F3N4O3/c29-28(30,31)18-14-34(15-18)19-9-12-27(13-10-19,11-8-17-4-5-17)33-22-3-1-2-20-21(22)16-35(26(20)38)23-6-7-24(36)32-25(23)37/h1-3,17-19,23,33H,4-16H2,(H,32,36,37). The van der Waals surface area contributed by atoms with Crippen LogP contribution in [0.1, 0.15) is 80.1 Å². The first-order valence-electron chi connectivity index (χ1n) is 14.0. The lowest BCUT2D eigenvalue weighted by Gasteiger charge is -2.50. The van der Waals surface area contributed by atoms with Crippen LogP contribution >= 0.6 is 0 Å². The van der Waals surface area contributed by atoms with Gasteiger partial charge >= 0.3 is 6.18 Å². The first-order valence-corrected chi connectivity index (χ1v) is 14.0. The molecule has 0 spiro atoms.